The number of likely N-dealkylation sites (N-methyl/N-ethyl adjacent to an activating group) is 1. The zero-order valence-electron chi connectivity index (χ0n) is 12.3. The number of unbranched alkanes of at least 4 members (excludes halogenated alkanes) is 1. The maximum absolute atomic E-state index is 11.8. The Bertz CT molecular complexity index is 237. The third-order valence-corrected chi connectivity index (χ3v) is 4.11. The molecule has 1 saturated carbocycles. The Morgan fingerprint density at radius 2 is 2.00 bits per heavy atom. The van der Waals surface area contributed by atoms with Crippen molar-refractivity contribution in [1.82, 2.24) is 4.90 Å². The van der Waals surface area contributed by atoms with Gasteiger partial charge in [0.15, 0.2) is 0 Å². The normalized spacial score (nSPS) is 18.9. The van der Waals surface area contributed by atoms with E-state index in [1.165, 1.54) is 39.2 Å². The zero-order valence-corrected chi connectivity index (χ0v) is 12.3. The van der Waals surface area contributed by atoms with Crippen molar-refractivity contribution in [3.05, 3.63) is 0 Å². The van der Waals surface area contributed by atoms with Crippen LogP contribution in [0.15, 0.2) is 0 Å². The lowest BCUT2D eigenvalue weighted by Crippen LogP contribution is -2.42. The highest BCUT2D eigenvalue weighted by Crippen LogP contribution is 2.25. The summed E-state index contributed by atoms with van der Waals surface area (Å²) in [5.41, 5.74) is 0. The van der Waals surface area contributed by atoms with E-state index < -0.39 is 0 Å². The smallest absolute Gasteiger partial charge is 0.323 e. The van der Waals surface area contributed by atoms with Crippen LogP contribution < -0.4 is 0 Å². The van der Waals surface area contributed by atoms with Gasteiger partial charge in [0.05, 0.1) is 7.11 Å². The molecule has 0 spiro atoms. The van der Waals surface area contributed by atoms with E-state index in [1.807, 2.05) is 0 Å². The van der Waals surface area contributed by atoms with E-state index in [1.54, 1.807) is 0 Å². The largest absolute Gasteiger partial charge is 0.468 e. The number of nitrogens with zero attached hydrogens (tertiary/aromatic N) is 1. The Kier molecular flexibility index (Phi) is 7.33. The molecule has 0 saturated heterocycles. The fourth-order valence-electron chi connectivity index (χ4n) is 2.96. The van der Waals surface area contributed by atoms with Crippen LogP contribution in [0.3, 0.4) is 0 Å². The Labute approximate surface area is 112 Å². The van der Waals surface area contributed by atoms with Gasteiger partial charge in [-0.1, -0.05) is 39.0 Å². The third-order valence-electron chi connectivity index (χ3n) is 4.11. The minimum atomic E-state index is -0.0678. The molecular formula is C15H29NO2. The molecule has 0 heterocycles. The van der Waals surface area contributed by atoms with Gasteiger partial charge in [0, 0.05) is 6.54 Å². The van der Waals surface area contributed by atoms with E-state index in [0.29, 0.717) is 0 Å². The monoisotopic (exact) mass is 255 g/mol. The number of ether oxygens (including phenoxy) is 1. The predicted molar refractivity (Wildman–Crippen MR) is 74.5 cm³/mol. The van der Waals surface area contributed by atoms with Crippen LogP contribution in [0.2, 0.25) is 0 Å². The lowest BCUT2D eigenvalue weighted by molar-refractivity contribution is -0.147. The molecule has 0 bridgehead atoms. The molecule has 0 aromatic carbocycles. The van der Waals surface area contributed by atoms with E-state index in [9.17, 15) is 4.79 Å². The van der Waals surface area contributed by atoms with E-state index in [-0.39, 0.29) is 12.0 Å². The molecular weight excluding hydrogens is 226 g/mol. The molecule has 0 N–H and O–H groups in total. The average molecular weight is 255 g/mol. The van der Waals surface area contributed by atoms with Crippen molar-refractivity contribution in [2.45, 2.75) is 64.3 Å². The fourth-order valence-corrected chi connectivity index (χ4v) is 2.96. The molecule has 1 aliphatic carbocycles. The van der Waals surface area contributed by atoms with Gasteiger partial charge >= 0.3 is 5.97 Å². The molecule has 1 aliphatic rings. The quantitative estimate of drug-likeness (QED) is 0.654. The first-order chi connectivity index (χ1) is 8.69. The first-order valence-corrected chi connectivity index (χ1v) is 7.47. The Hall–Kier alpha value is -0.570. The molecule has 0 aromatic heterocycles. The van der Waals surface area contributed by atoms with E-state index in [0.717, 1.165) is 31.7 Å². The highest BCUT2D eigenvalue weighted by molar-refractivity contribution is 5.75. The molecule has 1 unspecified atom stereocenters. The lowest BCUT2D eigenvalue weighted by atomic mass is 9.88. The Morgan fingerprint density at radius 1 is 1.33 bits per heavy atom. The van der Waals surface area contributed by atoms with E-state index in [4.69, 9.17) is 4.74 Å². The van der Waals surface area contributed by atoms with Crippen molar-refractivity contribution in [3.63, 3.8) is 0 Å². The number of rotatable bonds is 7. The number of hydrogen-bond acceptors (Lipinski definition) is 3. The third kappa shape index (κ3) is 4.97. The first-order valence-electron chi connectivity index (χ1n) is 7.47. The van der Waals surface area contributed by atoms with Crippen LogP contribution in [0.25, 0.3) is 0 Å². The standard InChI is InChI=1S/C15H29NO2/c1-4-5-11-14(15(17)18-3)16(2)12-13-9-7-6-8-10-13/h13-14H,4-12H2,1-3H3. The van der Waals surface area contributed by atoms with Gasteiger partial charge in [0.25, 0.3) is 0 Å². The summed E-state index contributed by atoms with van der Waals surface area (Å²) in [5, 5.41) is 0. The van der Waals surface area contributed by atoms with Crippen LogP contribution in [0.4, 0.5) is 0 Å². The highest BCUT2D eigenvalue weighted by atomic mass is 16.5. The molecule has 18 heavy (non-hydrogen) atoms. The average Bonchev–Trinajstić information content (AvgIpc) is 2.40. The summed E-state index contributed by atoms with van der Waals surface area (Å²) in [6.07, 6.45) is 9.90. The molecule has 1 rings (SSSR count). The van der Waals surface area contributed by atoms with E-state index in [2.05, 4.69) is 18.9 Å². The summed E-state index contributed by atoms with van der Waals surface area (Å²) in [6.45, 7) is 3.21. The topological polar surface area (TPSA) is 29.5 Å². The second-order valence-electron chi connectivity index (χ2n) is 5.62. The zero-order chi connectivity index (χ0) is 13.4. The van der Waals surface area contributed by atoms with Crippen molar-refractivity contribution in [1.29, 1.82) is 0 Å². The van der Waals surface area contributed by atoms with Crippen molar-refractivity contribution >= 4 is 5.97 Å². The summed E-state index contributed by atoms with van der Waals surface area (Å²) < 4.78 is 4.94. The molecule has 3 heteroatoms. The number of esters is 1. The van der Waals surface area contributed by atoms with Crippen LogP contribution in [0.5, 0.6) is 0 Å². The minimum absolute atomic E-state index is 0.0446. The molecule has 0 aliphatic heterocycles. The van der Waals surface area contributed by atoms with Gasteiger partial charge in [-0.3, -0.25) is 9.69 Å². The van der Waals surface area contributed by atoms with Crippen molar-refractivity contribution < 1.29 is 9.53 Å². The number of carbonyl (C=O) groups excluding carboxylic acids is 1. The summed E-state index contributed by atoms with van der Waals surface area (Å²) in [7, 11) is 3.57. The molecule has 106 valence electrons. The van der Waals surface area contributed by atoms with Crippen LogP contribution in [0.1, 0.15) is 58.3 Å². The van der Waals surface area contributed by atoms with Gasteiger partial charge < -0.3 is 4.74 Å². The second kappa shape index (κ2) is 8.52. The van der Waals surface area contributed by atoms with Gasteiger partial charge in [-0.25, -0.2) is 0 Å². The Balaban J connectivity index is 2.46. The van der Waals surface area contributed by atoms with Crippen molar-refractivity contribution in [2.24, 2.45) is 5.92 Å². The van der Waals surface area contributed by atoms with Crippen LogP contribution in [-0.4, -0.2) is 37.6 Å². The SMILES string of the molecule is CCCCC(C(=O)OC)N(C)CC1CCCCC1. The van der Waals surface area contributed by atoms with Crippen LogP contribution in [0, 0.1) is 5.92 Å². The summed E-state index contributed by atoms with van der Waals surface area (Å²) in [5.74, 6) is 0.708. The van der Waals surface area contributed by atoms with Crippen LogP contribution >= 0.6 is 0 Å². The predicted octanol–water partition coefficient (Wildman–Crippen LogP) is 3.23. The number of hydrogen-bond donors (Lipinski definition) is 0. The molecule has 1 atom stereocenters. The van der Waals surface area contributed by atoms with E-state index >= 15 is 0 Å². The van der Waals surface area contributed by atoms with Crippen LogP contribution in [-0.2, 0) is 9.53 Å². The molecule has 0 aromatic rings. The van der Waals surface area contributed by atoms with Crippen molar-refractivity contribution in [2.75, 3.05) is 20.7 Å². The maximum atomic E-state index is 11.8. The van der Waals surface area contributed by atoms with Gasteiger partial charge in [-0.15, -0.1) is 0 Å². The molecule has 0 radical (unpaired) electrons. The van der Waals surface area contributed by atoms with Gasteiger partial charge in [0.1, 0.15) is 6.04 Å². The fraction of sp³-hybridized carbons (Fsp3) is 0.933. The molecule has 0 amide bonds. The summed E-state index contributed by atoms with van der Waals surface area (Å²) in [4.78, 5) is 14.1. The second-order valence-corrected chi connectivity index (χ2v) is 5.62. The number of carbonyl (C=O) groups is 1. The summed E-state index contributed by atoms with van der Waals surface area (Å²) in [6, 6.07) is -0.0446. The molecule has 1 fully saturated rings. The molecule has 3 nitrogen and oxygen atoms in total. The van der Waals surface area contributed by atoms with Gasteiger partial charge in [-0.2, -0.15) is 0 Å². The first kappa shape index (κ1) is 15.5. The van der Waals surface area contributed by atoms with Gasteiger partial charge in [-0.05, 0) is 32.2 Å². The van der Waals surface area contributed by atoms with Crippen molar-refractivity contribution in [3.8, 4) is 0 Å². The minimum Gasteiger partial charge on any atom is -0.468 e. The Morgan fingerprint density at radius 3 is 2.56 bits per heavy atom. The number of methoxy groups -OCH3 is 1. The lowest BCUT2D eigenvalue weighted by Gasteiger charge is -2.31. The van der Waals surface area contributed by atoms with Gasteiger partial charge in [0.2, 0.25) is 0 Å². The maximum Gasteiger partial charge on any atom is 0.323 e. The highest BCUT2D eigenvalue weighted by Gasteiger charge is 2.26. The summed E-state index contributed by atoms with van der Waals surface area (Å²) >= 11 is 0.